The average Bonchev–Trinajstić information content (AvgIpc) is 2.83. The highest BCUT2D eigenvalue weighted by Gasteiger charge is 2.49. The Balaban J connectivity index is 1.78. The van der Waals surface area contributed by atoms with Gasteiger partial charge in [0.25, 0.3) is 0 Å². The summed E-state index contributed by atoms with van der Waals surface area (Å²) in [6, 6.07) is -1.08. The molecule has 9 nitrogen and oxygen atoms in total. The highest BCUT2D eigenvalue weighted by atomic mass is 32.2. The first-order valence-corrected chi connectivity index (χ1v) is 9.49. The number of morpholine rings is 1. The Hall–Kier alpha value is -1.39. The van der Waals surface area contributed by atoms with E-state index in [4.69, 9.17) is 9.84 Å². The van der Waals surface area contributed by atoms with Crippen molar-refractivity contribution in [3.8, 4) is 0 Å². The zero-order valence-electron chi connectivity index (χ0n) is 12.8. The van der Waals surface area contributed by atoms with E-state index in [0.717, 1.165) is 0 Å². The molecule has 0 radical (unpaired) electrons. The number of carbonyl (C=O) groups excluding carboxylic acids is 1. The fourth-order valence-corrected chi connectivity index (χ4v) is 5.58. The maximum atomic E-state index is 12.7. The first-order valence-electron chi connectivity index (χ1n) is 7.67. The fourth-order valence-electron chi connectivity index (χ4n) is 3.57. The SMILES string of the molecule is O=C(O)CN1CCN(C(=O)N2CCOCC2)[C@@H]2CS(=O)(=O)C[C@@H]21. The van der Waals surface area contributed by atoms with E-state index in [1.54, 1.807) is 14.7 Å². The van der Waals surface area contributed by atoms with Crippen LogP contribution < -0.4 is 0 Å². The summed E-state index contributed by atoms with van der Waals surface area (Å²) in [5, 5.41) is 9.00. The van der Waals surface area contributed by atoms with Gasteiger partial charge in [-0.1, -0.05) is 0 Å². The lowest BCUT2D eigenvalue weighted by Crippen LogP contribution is -2.64. The molecular formula is C13H21N3O6S. The Morgan fingerprint density at radius 1 is 1.04 bits per heavy atom. The van der Waals surface area contributed by atoms with Crippen LogP contribution in [-0.4, -0.2) is 110 Å². The van der Waals surface area contributed by atoms with E-state index in [1.165, 1.54) is 0 Å². The van der Waals surface area contributed by atoms with Gasteiger partial charge in [0.2, 0.25) is 0 Å². The van der Waals surface area contributed by atoms with Crippen molar-refractivity contribution < 1.29 is 27.9 Å². The quantitative estimate of drug-likeness (QED) is 0.635. The highest BCUT2D eigenvalue weighted by molar-refractivity contribution is 7.91. The second-order valence-electron chi connectivity index (χ2n) is 6.15. The minimum absolute atomic E-state index is 0.0855. The molecule has 2 amide bonds. The first-order chi connectivity index (χ1) is 10.9. The maximum absolute atomic E-state index is 12.7. The summed E-state index contributed by atoms with van der Waals surface area (Å²) in [7, 11) is -3.27. The molecule has 0 aromatic rings. The lowest BCUT2D eigenvalue weighted by atomic mass is 10.1. The van der Waals surface area contributed by atoms with E-state index in [1.807, 2.05) is 0 Å². The summed E-state index contributed by atoms with van der Waals surface area (Å²) < 4.78 is 29.3. The lowest BCUT2D eigenvalue weighted by Gasteiger charge is -2.45. The van der Waals surface area contributed by atoms with Crippen molar-refractivity contribution in [3.63, 3.8) is 0 Å². The van der Waals surface area contributed by atoms with Crippen LogP contribution in [0.3, 0.4) is 0 Å². The van der Waals surface area contributed by atoms with Gasteiger partial charge in [-0.2, -0.15) is 0 Å². The van der Waals surface area contributed by atoms with Gasteiger partial charge in [0.05, 0.1) is 37.3 Å². The van der Waals surface area contributed by atoms with E-state index >= 15 is 0 Å². The predicted octanol–water partition coefficient (Wildman–Crippen LogP) is -1.69. The van der Waals surface area contributed by atoms with Crippen LogP contribution in [0.1, 0.15) is 0 Å². The Morgan fingerprint density at radius 3 is 2.35 bits per heavy atom. The van der Waals surface area contributed by atoms with Crippen molar-refractivity contribution >= 4 is 21.8 Å². The second kappa shape index (κ2) is 6.25. The van der Waals surface area contributed by atoms with Crippen LogP contribution in [0.4, 0.5) is 4.79 Å². The van der Waals surface area contributed by atoms with Crippen molar-refractivity contribution in [1.82, 2.24) is 14.7 Å². The lowest BCUT2D eigenvalue weighted by molar-refractivity contribution is -0.139. The molecule has 3 heterocycles. The Kier molecular flexibility index (Phi) is 4.47. The van der Waals surface area contributed by atoms with Crippen molar-refractivity contribution in [2.24, 2.45) is 0 Å². The Morgan fingerprint density at radius 2 is 1.70 bits per heavy atom. The fraction of sp³-hybridized carbons (Fsp3) is 0.846. The minimum Gasteiger partial charge on any atom is -0.480 e. The summed E-state index contributed by atoms with van der Waals surface area (Å²) in [6.45, 7) is 2.49. The summed E-state index contributed by atoms with van der Waals surface area (Å²) in [5.74, 6) is -1.16. The van der Waals surface area contributed by atoms with Crippen LogP contribution in [0.15, 0.2) is 0 Å². The Bertz CT molecular complexity index is 589. The van der Waals surface area contributed by atoms with E-state index < -0.39 is 27.9 Å². The molecule has 10 heteroatoms. The molecule has 3 aliphatic rings. The number of nitrogens with zero attached hydrogens (tertiary/aromatic N) is 3. The van der Waals surface area contributed by atoms with Crippen LogP contribution >= 0.6 is 0 Å². The number of aliphatic carboxylic acids is 1. The minimum atomic E-state index is -3.27. The van der Waals surface area contributed by atoms with E-state index in [9.17, 15) is 18.0 Å². The highest BCUT2D eigenvalue weighted by Crippen LogP contribution is 2.27. The molecule has 3 rings (SSSR count). The van der Waals surface area contributed by atoms with Gasteiger partial charge >= 0.3 is 12.0 Å². The molecule has 0 saturated carbocycles. The number of hydrogen-bond acceptors (Lipinski definition) is 6. The molecule has 3 saturated heterocycles. The number of sulfone groups is 1. The van der Waals surface area contributed by atoms with Crippen molar-refractivity contribution in [2.75, 3.05) is 57.4 Å². The second-order valence-corrected chi connectivity index (χ2v) is 8.31. The summed E-state index contributed by atoms with van der Waals surface area (Å²) in [5.41, 5.74) is 0. The number of ether oxygens (including phenoxy) is 1. The van der Waals surface area contributed by atoms with Crippen LogP contribution in [0.5, 0.6) is 0 Å². The van der Waals surface area contributed by atoms with Gasteiger partial charge in [0, 0.05) is 32.2 Å². The van der Waals surface area contributed by atoms with Gasteiger partial charge in [0.15, 0.2) is 9.84 Å². The average molecular weight is 347 g/mol. The van der Waals surface area contributed by atoms with Gasteiger partial charge in [0.1, 0.15) is 0 Å². The number of urea groups is 1. The van der Waals surface area contributed by atoms with E-state index in [0.29, 0.717) is 39.4 Å². The number of hydrogen-bond donors (Lipinski definition) is 1. The van der Waals surface area contributed by atoms with Crippen LogP contribution in [0.25, 0.3) is 0 Å². The molecule has 0 unspecified atom stereocenters. The number of carboxylic acids is 1. The van der Waals surface area contributed by atoms with Gasteiger partial charge < -0.3 is 19.6 Å². The smallest absolute Gasteiger partial charge is 0.320 e. The number of amides is 2. The van der Waals surface area contributed by atoms with Crippen molar-refractivity contribution in [1.29, 1.82) is 0 Å². The van der Waals surface area contributed by atoms with Gasteiger partial charge in [-0.3, -0.25) is 9.69 Å². The molecule has 0 aliphatic carbocycles. The number of piperazine rings is 1. The molecule has 0 aromatic heterocycles. The molecule has 2 atom stereocenters. The third-order valence-corrected chi connectivity index (χ3v) is 6.36. The largest absolute Gasteiger partial charge is 0.480 e. The molecule has 1 N–H and O–H groups in total. The molecule has 0 bridgehead atoms. The van der Waals surface area contributed by atoms with Gasteiger partial charge in [-0.15, -0.1) is 0 Å². The Labute approximate surface area is 134 Å². The maximum Gasteiger partial charge on any atom is 0.320 e. The molecular weight excluding hydrogens is 326 g/mol. The molecule has 0 aromatic carbocycles. The van der Waals surface area contributed by atoms with Crippen molar-refractivity contribution in [2.45, 2.75) is 12.1 Å². The summed E-state index contributed by atoms with van der Waals surface area (Å²) in [4.78, 5) is 28.6. The zero-order chi connectivity index (χ0) is 16.6. The van der Waals surface area contributed by atoms with Crippen LogP contribution in [0.2, 0.25) is 0 Å². The summed E-state index contributed by atoms with van der Waals surface area (Å²) in [6.07, 6.45) is 0. The van der Waals surface area contributed by atoms with E-state index in [2.05, 4.69) is 0 Å². The molecule has 130 valence electrons. The van der Waals surface area contributed by atoms with Gasteiger partial charge in [-0.05, 0) is 0 Å². The van der Waals surface area contributed by atoms with Crippen molar-refractivity contribution in [3.05, 3.63) is 0 Å². The third-order valence-electron chi connectivity index (χ3n) is 4.66. The number of fused-ring (bicyclic) bond motifs is 1. The van der Waals surface area contributed by atoms with Gasteiger partial charge in [-0.25, -0.2) is 13.2 Å². The molecule has 3 fully saturated rings. The molecule has 23 heavy (non-hydrogen) atoms. The van der Waals surface area contributed by atoms with Crippen LogP contribution in [0, 0.1) is 0 Å². The number of carbonyl (C=O) groups is 2. The number of carboxylic acid groups (broad SMARTS) is 1. The topological polar surface area (TPSA) is 107 Å². The summed E-state index contributed by atoms with van der Waals surface area (Å²) >= 11 is 0. The normalized spacial score (nSPS) is 31.0. The molecule has 3 aliphatic heterocycles. The standard InChI is InChI=1S/C13H21N3O6S/c17-12(18)7-15-1-2-16(11-9-23(20,21)8-10(11)15)13(19)14-3-5-22-6-4-14/h10-11H,1-9H2,(H,17,18)/t10-,11+/m0/s1. The molecule has 0 spiro atoms. The monoisotopic (exact) mass is 347 g/mol. The zero-order valence-corrected chi connectivity index (χ0v) is 13.6. The van der Waals surface area contributed by atoms with E-state index in [-0.39, 0.29) is 24.1 Å². The predicted molar refractivity (Wildman–Crippen MR) is 79.9 cm³/mol. The third kappa shape index (κ3) is 3.43. The van der Waals surface area contributed by atoms with Crippen LogP contribution in [-0.2, 0) is 19.4 Å². The first kappa shape index (κ1) is 16.5. The number of rotatable bonds is 2.